The summed E-state index contributed by atoms with van der Waals surface area (Å²) in [6, 6.07) is 15.6. The number of hydrogen-bond acceptors (Lipinski definition) is 3. The third-order valence-electron chi connectivity index (χ3n) is 5.24. The minimum atomic E-state index is -0.0689. The van der Waals surface area contributed by atoms with Crippen LogP contribution in [0.2, 0.25) is 10.0 Å². The Hall–Kier alpha value is -2.12. The van der Waals surface area contributed by atoms with Crippen molar-refractivity contribution in [2.45, 2.75) is 12.1 Å². The van der Waals surface area contributed by atoms with Crippen molar-refractivity contribution in [2.24, 2.45) is 0 Å². The van der Waals surface area contributed by atoms with Crippen LogP contribution in [0.4, 0.5) is 0 Å². The van der Waals surface area contributed by atoms with Gasteiger partial charge in [-0.2, -0.15) is 0 Å². The number of aromatic nitrogens is 2. The second-order valence-electron chi connectivity index (χ2n) is 7.52. The number of halogens is 2. The highest BCUT2D eigenvalue weighted by Gasteiger charge is 2.41. The molecule has 0 saturated carbocycles. The molecule has 0 aliphatic carbocycles. The van der Waals surface area contributed by atoms with Crippen LogP contribution in [-0.4, -0.2) is 51.6 Å². The van der Waals surface area contributed by atoms with Gasteiger partial charge in [0.05, 0.1) is 28.5 Å². The molecule has 1 aliphatic rings. The van der Waals surface area contributed by atoms with Crippen molar-refractivity contribution in [2.75, 3.05) is 27.2 Å². The first-order valence-corrected chi connectivity index (χ1v) is 10.9. The summed E-state index contributed by atoms with van der Waals surface area (Å²) in [6.07, 6.45) is 3.83. The molecule has 1 aliphatic heterocycles. The molecule has 0 amide bonds. The first kappa shape index (κ1) is 21.1. The highest BCUT2D eigenvalue weighted by Crippen LogP contribution is 2.40. The van der Waals surface area contributed by atoms with Crippen LogP contribution < -0.4 is 5.32 Å². The van der Waals surface area contributed by atoms with Crippen molar-refractivity contribution in [3.63, 3.8) is 0 Å². The Kier molecular flexibility index (Phi) is 6.29. The molecular formula is C22H23Cl2N5S. The van der Waals surface area contributed by atoms with Crippen LogP contribution in [0.3, 0.4) is 0 Å². The van der Waals surface area contributed by atoms with Gasteiger partial charge in [-0.15, -0.1) is 0 Å². The minimum Gasteiger partial charge on any atom is -0.352 e. The van der Waals surface area contributed by atoms with Crippen LogP contribution in [0.15, 0.2) is 60.9 Å². The van der Waals surface area contributed by atoms with Crippen molar-refractivity contribution in [1.29, 1.82) is 0 Å². The van der Waals surface area contributed by atoms with E-state index in [1.807, 2.05) is 48.8 Å². The molecule has 1 N–H and O–H groups in total. The lowest BCUT2D eigenvalue weighted by molar-refractivity contribution is 0.272. The molecular weight excluding hydrogens is 437 g/mol. The maximum Gasteiger partial charge on any atom is 0.170 e. The summed E-state index contributed by atoms with van der Waals surface area (Å²) < 4.78 is 2.11. The number of pyridine rings is 1. The Morgan fingerprint density at radius 2 is 1.97 bits per heavy atom. The van der Waals surface area contributed by atoms with Gasteiger partial charge in [0.15, 0.2) is 5.11 Å². The Bertz CT molecular complexity index is 1040. The van der Waals surface area contributed by atoms with E-state index in [0.29, 0.717) is 10.0 Å². The largest absolute Gasteiger partial charge is 0.352 e. The molecule has 8 heteroatoms. The summed E-state index contributed by atoms with van der Waals surface area (Å²) in [6.45, 7) is 1.68. The third-order valence-corrected chi connectivity index (χ3v) is 6.13. The number of nitrogens with zero attached hydrogens (tertiary/aromatic N) is 4. The van der Waals surface area contributed by atoms with Gasteiger partial charge in [-0.3, -0.25) is 4.98 Å². The molecule has 1 aromatic carbocycles. The van der Waals surface area contributed by atoms with Crippen LogP contribution in [-0.2, 0) is 0 Å². The zero-order valence-electron chi connectivity index (χ0n) is 16.8. The highest BCUT2D eigenvalue weighted by atomic mass is 35.5. The summed E-state index contributed by atoms with van der Waals surface area (Å²) in [5, 5.41) is 5.43. The van der Waals surface area contributed by atoms with Gasteiger partial charge in [0.2, 0.25) is 0 Å². The van der Waals surface area contributed by atoms with Gasteiger partial charge in [0.25, 0.3) is 0 Å². The fraction of sp³-hybridized carbons (Fsp3) is 0.273. The third kappa shape index (κ3) is 4.18. The van der Waals surface area contributed by atoms with Crippen LogP contribution in [0, 0.1) is 0 Å². The monoisotopic (exact) mass is 459 g/mol. The summed E-state index contributed by atoms with van der Waals surface area (Å²) in [7, 11) is 4.13. The van der Waals surface area contributed by atoms with E-state index in [0.717, 1.165) is 35.3 Å². The highest BCUT2D eigenvalue weighted by molar-refractivity contribution is 7.80. The first-order valence-electron chi connectivity index (χ1n) is 9.71. The van der Waals surface area contributed by atoms with Crippen molar-refractivity contribution in [3.8, 4) is 5.69 Å². The second-order valence-corrected chi connectivity index (χ2v) is 8.75. The number of hydrogen-bond donors (Lipinski definition) is 1. The zero-order chi connectivity index (χ0) is 21.3. The fourth-order valence-corrected chi connectivity index (χ4v) is 4.64. The van der Waals surface area contributed by atoms with Gasteiger partial charge in [-0.25, -0.2) is 0 Å². The van der Waals surface area contributed by atoms with E-state index in [1.165, 1.54) is 0 Å². The number of benzene rings is 1. The van der Waals surface area contributed by atoms with Crippen LogP contribution in [0.25, 0.3) is 5.69 Å². The van der Waals surface area contributed by atoms with E-state index in [1.54, 1.807) is 6.07 Å². The van der Waals surface area contributed by atoms with Crippen molar-refractivity contribution in [1.82, 2.24) is 24.7 Å². The maximum atomic E-state index is 6.54. The van der Waals surface area contributed by atoms with Crippen molar-refractivity contribution < 1.29 is 0 Å². The molecule has 2 atom stereocenters. The van der Waals surface area contributed by atoms with Crippen molar-refractivity contribution >= 4 is 40.5 Å². The summed E-state index contributed by atoms with van der Waals surface area (Å²) in [5.74, 6) is 0. The van der Waals surface area contributed by atoms with Gasteiger partial charge in [0, 0.05) is 36.2 Å². The molecule has 3 heterocycles. The molecule has 0 bridgehead atoms. The number of thiocarbonyl (C=S) groups is 1. The van der Waals surface area contributed by atoms with Gasteiger partial charge in [-0.05, 0) is 68.8 Å². The quantitative estimate of drug-likeness (QED) is 0.539. The topological polar surface area (TPSA) is 36.3 Å². The number of rotatable bonds is 6. The molecule has 4 rings (SSSR count). The molecule has 30 heavy (non-hydrogen) atoms. The fourth-order valence-electron chi connectivity index (χ4n) is 3.81. The molecule has 0 unspecified atom stereocenters. The molecule has 1 fully saturated rings. The summed E-state index contributed by atoms with van der Waals surface area (Å²) >= 11 is 18.4. The maximum absolute atomic E-state index is 6.54. The normalized spacial score (nSPS) is 18.8. The first-order chi connectivity index (χ1) is 14.5. The molecule has 1 saturated heterocycles. The van der Waals surface area contributed by atoms with Crippen LogP contribution >= 0.6 is 35.4 Å². The van der Waals surface area contributed by atoms with E-state index in [2.05, 4.69) is 44.8 Å². The average molecular weight is 460 g/mol. The summed E-state index contributed by atoms with van der Waals surface area (Å²) in [5.41, 5.74) is 2.92. The van der Waals surface area contributed by atoms with Gasteiger partial charge >= 0.3 is 0 Å². The van der Waals surface area contributed by atoms with E-state index in [-0.39, 0.29) is 12.1 Å². The van der Waals surface area contributed by atoms with E-state index >= 15 is 0 Å². The predicted octanol–water partition coefficient (Wildman–Crippen LogP) is 4.71. The Labute approximate surface area is 192 Å². The molecule has 3 aromatic rings. The number of likely N-dealkylation sites (N-methyl/N-ethyl adjacent to an activating group) is 1. The van der Waals surface area contributed by atoms with E-state index < -0.39 is 0 Å². The average Bonchev–Trinajstić information content (AvgIpc) is 3.31. The second kappa shape index (κ2) is 8.94. The lowest BCUT2D eigenvalue weighted by atomic mass is 10.0. The number of nitrogens with one attached hydrogen (secondary N) is 1. The zero-order valence-corrected chi connectivity index (χ0v) is 19.1. The minimum absolute atomic E-state index is 0.0332. The van der Waals surface area contributed by atoms with E-state index in [9.17, 15) is 0 Å². The summed E-state index contributed by atoms with van der Waals surface area (Å²) in [4.78, 5) is 9.00. The molecule has 156 valence electrons. The SMILES string of the molecule is CN(C)CCN1C(=S)N[C@H](c2ccccn2)[C@@H]1c1cccn1-c1ccc(Cl)cc1Cl. The van der Waals surface area contributed by atoms with Crippen molar-refractivity contribution in [3.05, 3.63) is 82.4 Å². The van der Waals surface area contributed by atoms with Crippen LogP contribution in [0.1, 0.15) is 23.5 Å². The molecule has 5 nitrogen and oxygen atoms in total. The Morgan fingerprint density at radius 1 is 1.13 bits per heavy atom. The van der Waals surface area contributed by atoms with Crippen LogP contribution in [0.5, 0.6) is 0 Å². The van der Waals surface area contributed by atoms with Gasteiger partial charge in [0.1, 0.15) is 0 Å². The van der Waals surface area contributed by atoms with Gasteiger partial charge in [-0.1, -0.05) is 29.3 Å². The molecule has 0 spiro atoms. The van der Waals surface area contributed by atoms with Gasteiger partial charge < -0.3 is 19.7 Å². The Balaban J connectivity index is 1.80. The molecule has 2 aromatic heterocycles. The predicted molar refractivity (Wildman–Crippen MR) is 127 cm³/mol. The van der Waals surface area contributed by atoms with E-state index in [4.69, 9.17) is 35.4 Å². The molecule has 0 radical (unpaired) electrons. The lowest BCUT2D eigenvalue weighted by Crippen LogP contribution is -2.36. The Morgan fingerprint density at radius 3 is 2.67 bits per heavy atom. The smallest absolute Gasteiger partial charge is 0.170 e. The lowest BCUT2D eigenvalue weighted by Gasteiger charge is -2.30. The standard InChI is InChI=1S/C22H23Cl2N5S/c1-27(2)12-13-29-21(20(26-22(29)30)17-6-3-4-10-25-17)19-7-5-11-28(19)18-9-8-15(23)14-16(18)24/h3-11,14,20-21H,12-13H2,1-2H3,(H,26,30)/t20-,21+/m1/s1.